The molecule has 3 amide bonds. The maximum Gasteiger partial charge on any atom is 0.326 e. The zero-order chi connectivity index (χ0) is 19.2. The molecule has 0 unspecified atom stereocenters. The Morgan fingerprint density at radius 1 is 0.920 bits per heavy atom. The summed E-state index contributed by atoms with van der Waals surface area (Å²) in [5.41, 5.74) is 0. The molecule has 0 saturated heterocycles. The van der Waals surface area contributed by atoms with E-state index < -0.39 is 17.9 Å². The molecule has 0 aromatic heterocycles. The van der Waals surface area contributed by atoms with E-state index in [0.717, 1.165) is 0 Å². The van der Waals surface area contributed by atoms with Crippen molar-refractivity contribution in [3.8, 4) is 0 Å². The van der Waals surface area contributed by atoms with Gasteiger partial charge in [0.1, 0.15) is 11.8 Å². The van der Waals surface area contributed by atoms with Gasteiger partial charge in [-0.1, -0.05) is 6.92 Å². The maximum absolute atomic E-state index is 11.7. The van der Waals surface area contributed by atoms with Crippen LogP contribution in [0.4, 0.5) is 0 Å². The summed E-state index contributed by atoms with van der Waals surface area (Å²) in [5.74, 6) is -2.19. The molecule has 1 atom stereocenters. The van der Waals surface area contributed by atoms with E-state index in [0.29, 0.717) is 19.3 Å². The topological polar surface area (TPSA) is 142 Å². The summed E-state index contributed by atoms with van der Waals surface area (Å²) in [7, 11) is 0. The van der Waals surface area contributed by atoms with Crippen LogP contribution in [0.3, 0.4) is 0 Å². The molecular formula is C16H27N3O6. The van der Waals surface area contributed by atoms with Gasteiger partial charge < -0.3 is 21.1 Å². The SMILES string of the molecule is CCC(=O)CCCC(=O)N[C@@H](CCC(=O)NCCNC(C)=O)C(=O)O. The van der Waals surface area contributed by atoms with Crippen molar-refractivity contribution in [1.82, 2.24) is 16.0 Å². The van der Waals surface area contributed by atoms with Gasteiger partial charge >= 0.3 is 5.97 Å². The molecule has 142 valence electrons. The summed E-state index contributed by atoms with van der Waals surface area (Å²) in [4.78, 5) is 56.3. The number of Topliss-reactive ketones (excluding diaryl/α,β-unsaturated/α-hetero) is 1. The average molecular weight is 357 g/mol. The van der Waals surface area contributed by atoms with Crippen molar-refractivity contribution in [2.45, 2.75) is 58.4 Å². The predicted octanol–water partition coefficient (Wildman–Crippen LogP) is -0.262. The first-order chi connectivity index (χ1) is 11.8. The van der Waals surface area contributed by atoms with Crippen LogP contribution in [0.25, 0.3) is 0 Å². The molecule has 0 rings (SSSR count). The molecule has 0 aliphatic rings. The fraction of sp³-hybridized carbons (Fsp3) is 0.688. The van der Waals surface area contributed by atoms with Gasteiger partial charge in [-0.05, 0) is 12.8 Å². The number of carboxylic acids is 1. The van der Waals surface area contributed by atoms with Gasteiger partial charge in [0.25, 0.3) is 0 Å². The van der Waals surface area contributed by atoms with Crippen molar-refractivity contribution < 1.29 is 29.1 Å². The van der Waals surface area contributed by atoms with Crippen molar-refractivity contribution in [1.29, 1.82) is 0 Å². The molecule has 0 radical (unpaired) electrons. The van der Waals surface area contributed by atoms with E-state index >= 15 is 0 Å². The van der Waals surface area contributed by atoms with Crippen LogP contribution in [0.2, 0.25) is 0 Å². The number of carboxylic acid groups (broad SMARTS) is 1. The molecule has 0 fully saturated rings. The Morgan fingerprint density at radius 3 is 2.12 bits per heavy atom. The Bertz CT molecular complexity index is 492. The molecule has 9 nitrogen and oxygen atoms in total. The van der Waals surface area contributed by atoms with E-state index in [1.54, 1.807) is 6.92 Å². The third-order valence-electron chi connectivity index (χ3n) is 3.37. The van der Waals surface area contributed by atoms with Crippen LogP contribution in [-0.4, -0.2) is 53.7 Å². The second kappa shape index (κ2) is 12.9. The number of carbonyl (C=O) groups is 5. The fourth-order valence-electron chi connectivity index (χ4n) is 1.95. The summed E-state index contributed by atoms with van der Waals surface area (Å²) in [6, 6.07) is -1.16. The first kappa shape index (κ1) is 22.6. The zero-order valence-electron chi connectivity index (χ0n) is 14.7. The Balaban J connectivity index is 4.10. The number of rotatable bonds is 13. The first-order valence-corrected chi connectivity index (χ1v) is 8.31. The number of nitrogens with one attached hydrogen (secondary N) is 3. The largest absolute Gasteiger partial charge is 0.480 e. The van der Waals surface area contributed by atoms with Crippen LogP contribution >= 0.6 is 0 Å². The molecule has 9 heteroatoms. The standard InChI is InChI=1S/C16H27N3O6/c1-3-12(21)5-4-6-15(23)19-13(16(24)25)7-8-14(22)18-10-9-17-11(2)20/h13H,3-10H2,1-2H3,(H,17,20)(H,18,22)(H,19,23)(H,24,25)/t13-/m0/s1. The van der Waals surface area contributed by atoms with Crippen LogP contribution < -0.4 is 16.0 Å². The highest BCUT2D eigenvalue weighted by Crippen LogP contribution is 2.02. The maximum atomic E-state index is 11.7. The third kappa shape index (κ3) is 12.6. The highest BCUT2D eigenvalue weighted by molar-refractivity contribution is 5.85. The highest BCUT2D eigenvalue weighted by Gasteiger charge is 2.20. The molecule has 0 bridgehead atoms. The van der Waals surface area contributed by atoms with Crippen LogP contribution in [0.15, 0.2) is 0 Å². The van der Waals surface area contributed by atoms with Gasteiger partial charge in [0, 0.05) is 45.7 Å². The third-order valence-corrected chi connectivity index (χ3v) is 3.37. The Morgan fingerprint density at radius 2 is 1.56 bits per heavy atom. The van der Waals surface area contributed by atoms with E-state index in [1.165, 1.54) is 6.92 Å². The van der Waals surface area contributed by atoms with Crippen molar-refractivity contribution in [2.24, 2.45) is 0 Å². The van der Waals surface area contributed by atoms with E-state index in [1.807, 2.05) is 0 Å². The Kier molecular flexibility index (Phi) is 11.6. The van der Waals surface area contributed by atoms with Gasteiger partial charge in [0.15, 0.2) is 0 Å². The molecule has 0 spiro atoms. The van der Waals surface area contributed by atoms with Crippen molar-refractivity contribution in [3.05, 3.63) is 0 Å². The lowest BCUT2D eigenvalue weighted by Crippen LogP contribution is -2.42. The monoisotopic (exact) mass is 357 g/mol. The van der Waals surface area contributed by atoms with Crippen LogP contribution in [0, 0.1) is 0 Å². The zero-order valence-corrected chi connectivity index (χ0v) is 14.7. The molecular weight excluding hydrogens is 330 g/mol. The van der Waals surface area contributed by atoms with Gasteiger partial charge in [-0.25, -0.2) is 4.79 Å². The number of ketones is 1. The minimum Gasteiger partial charge on any atom is -0.480 e. The molecule has 0 aliphatic carbocycles. The molecule has 4 N–H and O–H groups in total. The first-order valence-electron chi connectivity index (χ1n) is 8.31. The van der Waals surface area contributed by atoms with E-state index in [9.17, 15) is 24.0 Å². The number of hydrogen-bond donors (Lipinski definition) is 4. The van der Waals surface area contributed by atoms with Gasteiger partial charge in [0.05, 0.1) is 0 Å². The number of amides is 3. The Hall–Kier alpha value is -2.45. The van der Waals surface area contributed by atoms with E-state index in [4.69, 9.17) is 5.11 Å². The summed E-state index contributed by atoms with van der Waals surface area (Å²) < 4.78 is 0. The normalized spacial score (nSPS) is 11.3. The molecule has 0 saturated carbocycles. The second-order valence-electron chi connectivity index (χ2n) is 5.58. The van der Waals surface area contributed by atoms with Crippen molar-refractivity contribution in [2.75, 3.05) is 13.1 Å². The van der Waals surface area contributed by atoms with Gasteiger partial charge in [-0.15, -0.1) is 0 Å². The van der Waals surface area contributed by atoms with E-state index in [-0.39, 0.29) is 49.9 Å². The van der Waals surface area contributed by atoms with Gasteiger partial charge in [-0.3, -0.25) is 19.2 Å². The fourth-order valence-corrected chi connectivity index (χ4v) is 1.95. The number of aliphatic carboxylic acids is 1. The lowest BCUT2D eigenvalue weighted by atomic mass is 10.1. The molecule has 0 aromatic carbocycles. The lowest BCUT2D eigenvalue weighted by Gasteiger charge is -2.14. The average Bonchev–Trinajstić information content (AvgIpc) is 2.54. The minimum atomic E-state index is -1.22. The predicted molar refractivity (Wildman–Crippen MR) is 89.6 cm³/mol. The summed E-state index contributed by atoms with van der Waals surface area (Å²) >= 11 is 0. The van der Waals surface area contributed by atoms with Crippen molar-refractivity contribution >= 4 is 29.5 Å². The summed E-state index contributed by atoms with van der Waals surface area (Å²) in [5, 5.41) is 16.5. The van der Waals surface area contributed by atoms with E-state index in [2.05, 4.69) is 16.0 Å². The lowest BCUT2D eigenvalue weighted by molar-refractivity contribution is -0.142. The van der Waals surface area contributed by atoms with Gasteiger partial charge in [-0.2, -0.15) is 0 Å². The Labute approximate surface area is 146 Å². The summed E-state index contributed by atoms with van der Waals surface area (Å²) in [6.45, 7) is 3.63. The summed E-state index contributed by atoms with van der Waals surface area (Å²) in [6.07, 6.45) is 1.04. The minimum absolute atomic E-state index is 0.0407. The van der Waals surface area contributed by atoms with Crippen molar-refractivity contribution in [3.63, 3.8) is 0 Å². The van der Waals surface area contributed by atoms with Crippen LogP contribution in [0.5, 0.6) is 0 Å². The number of hydrogen-bond acceptors (Lipinski definition) is 5. The highest BCUT2D eigenvalue weighted by atomic mass is 16.4. The molecule has 0 aromatic rings. The smallest absolute Gasteiger partial charge is 0.326 e. The second-order valence-corrected chi connectivity index (χ2v) is 5.58. The molecule has 0 aliphatic heterocycles. The van der Waals surface area contributed by atoms with Gasteiger partial charge in [0.2, 0.25) is 17.7 Å². The molecule has 25 heavy (non-hydrogen) atoms. The van der Waals surface area contributed by atoms with Crippen LogP contribution in [0.1, 0.15) is 52.4 Å². The number of carbonyl (C=O) groups excluding carboxylic acids is 4. The quantitative estimate of drug-likeness (QED) is 0.335. The van der Waals surface area contributed by atoms with Crippen LogP contribution in [-0.2, 0) is 24.0 Å². The molecule has 0 heterocycles.